The largest absolute Gasteiger partial charge is 0.315 e. The first kappa shape index (κ1) is 16.2. The molecule has 2 rings (SSSR count). The van der Waals surface area contributed by atoms with Crippen molar-refractivity contribution in [3.63, 3.8) is 0 Å². The smallest absolute Gasteiger partial charge is 0.211 e. The predicted molar refractivity (Wildman–Crippen MR) is 82.3 cm³/mol. The molecule has 2 aliphatic rings. The molecule has 6 heteroatoms. The van der Waals surface area contributed by atoms with Gasteiger partial charge in [0.05, 0.1) is 6.26 Å². The van der Waals surface area contributed by atoms with Crippen molar-refractivity contribution < 1.29 is 8.42 Å². The average molecular weight is 303 g/mol. The Morgan fingerprint density at radius 1 is 1.10 bits per heavy atom. The number of rotatable bonds is 5. The van der Waals surface area contributed by atoms with Gasteiger partial charge in [-0.05, 0) is 25.8 Å². The molecule has 0 aromatic rings. The Morgan fingerprint density at radius 3 is 2.20 bits per heavy atom. The summed E-state index contributed by atoms with van der Waals surface area (Å²) in [5.41, 5.74) is 0. The van der Waals surface area contributed by atoms with Crippen LogP contribution in [0.25, 0.3) is 0 Å². The Morgan fingerprint density at radius 2 is 1.70 bits per heavy atom. The van der Waals surface area contributed by atoms with Crippen molar-refractivity contribution in [2.75, 3.05) is 46.0 Å². The molecule has 1 saturated heterocycles. The maximum Gasteiger partial charge on any atom is 0.211 e. The highest BCUT2D eigenvalue weighted by molar-refractivity contribution is 7.88. The van der Waals surface area contributed by atoms with Crippen LogP contribution in [0.2, 0.25) is 0 Å². The van der Waals surface area contributed by atoms with Gasteiger partial charge in [-0.25, -0.2) is 8.42 Å². The summed E-state index contributed by atoms with van der Waals surface area (Å²) < 4.78 is 24.6. The Kier molecular flexibility index (Phi) is 5.84. The number of likely N-dealkylation sites (N-methyl/N-ethyl adjacent to an activating group) is 1. The first-order chi connectivity index (χ1) is 9.50. The molecule has 118 valence electrons. The maximum atomic E-state index is 11.5. The van der Waals surface area contributed by atoms with E-state index in [1.165, 1.54) is 38.4 Å². The Labute approximate surface area is 123 Å². The van der Waals surface area contributed by atoms with Crippen LogP contribution in [0.5, 0.6) is 0 Å². The summed E-state index contributed by atoms with van der Waals surface area (Å²) in [4.78, 5) is 2.41. The van der Waals surface area contributed by atoms with E-state index in [1.807, 2.05) is 0 Å². The van der Waals surface area contributed by atoms with Crippen LogP contribution in [0.4, 0.5) is 0 Å². The summed E-state index contributed by atoms with van der Waals surface area (Å²) >= 11 is 0. The summed E-state index contributed by atoms with van der Waals surface area (Å²) in [6.07, 6.45) is 8.11. The summed E-state index contributed by atoms with van der Waals surface area (Å²) in [6.45, 7) is 4.05. The molecular formula is C14H29N3O2S. The van der Waals surface area contributed by atoms with Crippen LogP contribution in [0, 0.1) is 5.92 Å². The van der Waals surface area contributed by atoms with Crippen LogP contribution >= 0.6 is 0 Å². The lowest BCUT2D eigenvalue weighted by Crippen LogP contribution is -2.53. The molecule has 0 aromatic heterocycles. The number of nitrogens with one attached hydrogen (secondary N) is 1. The van der Waals surface area contributed by atoms with Crippen molar-refractivity contribution in [2.24, 2.45) is 5.92 Å². The molecule has 5 nitrogen and oxygen atoms in total. The average Bonchev–Trinajstić information content (AvgIpc) is 2.45. The standard InChI is InChI=1S/C14H29N3O2S/c1-15-14(13-6-4-3-5-7-13)12-16-8-10-17(11-9-16)20(2,18)19/h13-15H,3-12H2,1-2H3. The lowest BCUT2D eigenvalue weighted by Gasteiger charge is -2.38. The SMILES string of the molecule is CNC(CN1CCN(S(C)(=O)=O)CC1)C1CCCCC1. The molecule has 0 bridgehead atoms. The van der Waals surface area contributed by atoms with Crippen molar-refractivity contribution in [1.29, 1.82) is 0 Å². The fraction of sp³-hybridized carbons (Fsp3) is 1.00. The molecule has 2 fully saturated rings. The summed E-state index contributed by atoms with van der Waals surface area (Å²) in [6, 6.07) is 0.556. The van der Waals surface area contributed by atoms with Crippen LogP contribution in [0.3, 0.4) is 0 Å². The molecule has 1 aliphatic carbocycles. The Hall–Kier alpha value is -0.170. The minimum Gasteiger partial charge on any atom is -0.315 e. The molecule has 1 N–H and O–H groups in total. The van der Waals surface area contributed by atoms with Gasteiger partial charge in [0.25, 0.3) is 0 Å². The minimum absolute atomic E-state index is 0.556. The van der Waals surface area contributed by atoms with Gasteiger partial charge in [0.1, 0.15) is 0 Å². The summed E-state index contributed by atoms with van der Waals surface area (Å²) in [5.74, 6) is 0.793. The van der Waals surface area contributed by atoms with Gasteiger partial charge in [-0.1, -0.05) is 19.3 Å². The number of hydrogen-bond acceptors (Lipinski definition) is 4. The topological polar surface area (TPSA) is 52.6 Å². The quantitative estimate of drug-likeness (QED) is 0.814. The number of piperazine rings is 1. The van der Waals surface area contributed by atoms with Gasteiger partial charge < -0.3 is 5.32 Å². The highest BCUT2D eigenvalue weighted by Crippen LogP contribution is 2.27. The third kappa shape index (κ3) is 4.41. The molecule has 1 aliphatic heterocycles. The van der Waals surface area contributed by atoms with Gasteiger partial charge in [-0.15, -0.1) is 0 Å². The third-order valence-corrected chi connectivity index (χ3v) is 6.15. The van der Waals surface area contributed by atoms with Gasteiger partial charge in [-0.3, -0.25) is 4.90 Å². The lowest BCUT2D eigenvalue weighted by atomic mass is 9.83. The number of hydrogen-bond donors (Lipinski definition) is 1. The van der Waals surface area contributed by atoms with E-state index in [2.05, 4.69) is 17.3 Å². The maximum absolute atomic E-state index is 11.5. The van der Waals surface area contributed by atoms with E-state index in [9.17, 15) is 8.42 Å². The molecule has 0 radical (unpaired) electrons. The second-order valence-electron chi connectivity index (χ2n) is 6.26. The van der Waals surface area contributed by atoms with Crippen LogP contribution < -0.4 is 5.32 Å². The fourth-order valence-corrected chi connectivity index (χ4v) is 4.36. The van der Waals surface area contributed by atoms with E-state index in [0.29, 0.717) is 19.1 Å². The zero-order chi connectivity index (χ0) is 14.6. The zero-order valence-electron chi connectivity index (χ0n) is 12.8. The highest BCUT2D eigenvalue weighted by atomic mass is 32.2. The number of nitrogens with zero attached hydrogens (tertiary/aromatic N) is 2. The molecule has 1 unspecified atom stereocenters. The van der Waals surface area contributed by atoms with E-state index in [-0.39, 0.29) is 0 Å². The minimum atomic E-state index is -3.01. The Bertz CT molecular complexity index is 385. The van der Waals surface area contributed by atoms with E-state index in [1.54, 1.807) is 4.31 Å². The van der Waals surface area contributed by atoms with Crippen molar-refractivity contribution in [3.8, 4) is 0 Å². The predicted octanol–water partition coefficient (Wildman–Crippen LogP) is 0.732. The van der Waals surface area contributed by atoms with Crippen LogP contribution in [-0.4, -0.2) is 69.7 Å². The molecule has 20 heavy (non-hydrogen) atoms. The van der Waals surface area contributed by atoms with Gasteiger partial charge in [0.2, 0.25) is 10.0 Å². The fourth-order valence-electron chi connectivity index (χ4n) is 3.53. The van der Waals surface area contributed by atoms with Crippen LogP contribution in [-0.2, 0) is 10.0 Å². The van der Waals surface area contributed by atoms with Crippen molar-refractivity contribution in [2.45, 2.75) is 38.1 Å². The Balaban J connectivity index is 1.81. The molecule has 1 saturated carbocycles. The molecule has 1 heterocycles. The second-order valence-corrected chi connectivity index (χ2v) is 8.24. The van der Waals surface area contributed by atoms with Gasteiger partial charge >= 0.3 is 0 Å². The first-order valence-electron chi connectivity index (χ1n) is 7.85. The molecular weight excluding hydrogens is 274 g/mol. The molecule has 0 aromatic carbocycles. The molecule has 0 spiro atoms. The second kappa shape index (κ2) is 7.20. The third-order valence-electron chi connectivity index (χ3n) is 4.84. The van der Waals surface area contributed by atoms with Crippen LogP contribution in [0.15, 0.2) is 0 Å². The van der Waals surface area contributed by atoms with E-state index >= 15 is 0 Å². The van der Waals surface area contributed by atoms with Gasteiger partial charge in [0.15, 0.2) is 0 Å². The van der Waals surface area contributed by atoms with E-state index < -0.39 is 10.0 Å². The first-order valence-corrected chi connectivity index (χ1v) is 9.70. The summed E-state index contributed by atoms with van der Waals surface area (Å²) in [7, 11) is -0.951. The number of sulfonamides is 1. The molecule has 0 amide bonds. The van der Waals surface area contributed by atoms with E-state index in [0.717, 1.165) is 25.6 Å². The summed E-state index contributed by atoms with van der Waals surface area (Å²) in [5, 5.41) is 3.49. The normalized spacial score (nSPS) is 25.7. The lowest BCUT2D eigenvalue weighted by molar-refractivity contribution is 0.147. The highest BCUT2D eigenvalue weighted by Gasteiger charge is 2.28. The van der Waals surface area contributed by atoms with Crippen molar-refractivity contribution in [1.82, 2.24) is 14.5 Å². The van der Waals surface area contributed by atoms with Crippen LogP contribution in [0.1, 0.15) is 32.1 Å². The monoisotopic (exact) mass is 303 g/mol. The zero-order valence-corrected chi connectivity index (χ0v) is 13.7. The van der Waals surface area contributed by atoms with Crippen molar-refractivity contribution >= 4 is 10.0 Å². The van der Waals surface area contributed by atoms with Gasteiger partial charge in [-0.2, -0.15) is 4.31 Å². The van der Waals surface area contributed by atoms with E-state index in [4.69, 9.17) is 0 Å². The van der Waals surface area contributed by atoms with Crippen molar-refractivity contribution in [3.05, 3.63) is 0 Å². The van der Waals surface area contributed by atoms with Gasteiger partial charge in [0, 0.05) is 38.8 Å². The molecule has 1 atom stereocenters.